The van der Waals surface area contributed by atoms with Crippen molar-refractivity contribution in [1.29, 1.82) is 0 Å². The molecular weight excluding hydrogens is 271 g/mol. The Labute approximate surface area is 113 Å². The minimum atomic E-state index is -0.608. The summed E-state index contributed by atoms with van der Waals surface area (Å²) in [6, 6.07) is 4.19. The second kappa shape index (κ2) is 4.42. The van der Waals surface area contributed by atoms with Crippen LogP contribution in [0.4, 0.5) is 4.39 Å². The first-order chi connectivity index (χ1) is 9.11. The Morgan fingerprint density at radius 2 is 1.84 bits per heavy atom. The van der Waals surface area contributed by atoms with E-state index in [1.807, 2.05) is 0 Å². The van der Waals surface area contributed by atoms with E-state index in [9.17, 15) is 14.3 Å². The molecule has 0 bridgehead atoms. The lowest BCUT2D eigenvalue weighted by molar-refractivity contribution is 0.305. The van der Waals surface area contributed by atoms with Gasteiger partial charge in [0, 0.05) is 18.7 Å². The average Bonchev–Trinajstić information content (AvgIpc) is 2.64. The monoisotopic (exact) mass is 282 g/mol. The van der Waals surface area contributed by atoms with Gasteiger partial charge in [0.25, 0.3) is 5.56 Å². The van der Waals surface area contributed by atoms with E-state index in [4.69, 9.17) is 11.6 Å². The molecule has 6 heteroatoms. The van der Waals surface area contributed by atoms with Gasteiger partial charge < -0.3 is 5.11 Å². The van der Waals surface area contributed by atoms with Gasteiger partial charge in [-0.15, -0.1) is 0 Å². The number of aromatic hydroxyl groups is 1. The van der Waals surface area contributed by atoms with Gasteiger partial charge in [-0.3, -0.25) is 9.48 Å². The van der Waals surface area contributed by atoms with Crippen molar-refractivity contribution in [3.8, 4) is 17.0 Å². The molecule has 1 aromatic carbocycles. The molecule has 1 aliphatic heterocycles. The highest BCUT2D eigenvalue weighted by Crippen LogP contribution is 2.35. The van der Waals surface area contributed by atoms with Gasteiger partial charge in [0.05, 0.1) is 5.02 Å². The second-order valence-corrected chi connectivity index (χ2v) is 4.96. The van der Waals surface area contributed by atoms with Crippen molar-refractivity contribution in [2.75, 3.05) is 0 Å². The van der Waals surface area contributed by atoms with E-state index in [2.05, 4.69) is 0 Å². The molecule has 0 spiro atoms. The molecule has 4 nitrogen and oxygen atoms in total. The van der Waals surface area contributed by atoms with Crippen LogP contribution < -0.4 is 5.56 Å². The van der Waals surface area contributed by atoms with Crippen LogP contribution in [0.2, 0.25) is 5.02 Å². The number of hydrogen-bond donors (Lipinski definition) is 1. The summed E-state index contributed by atoms with van der Waals surface area (Å²) in [4.78, 5) is 12.3. The number of hydrogen-bond acceptors (Lipinski definition) is 2. The lowest BCUT2D eigenvalue weighted by atomic mass is 10.1. The molecule has 0 fully saturated rings. The molecule has 2 heterocycles. The van der Waals surface area contributed by atoms with E-state index in [1.54, 1.807) is 0 Å². The molecule has 1 aromatic heterocycles. The van der Waals surface area contributed by atoms with Gasteiger partial charge in [-0.25, -0.2) is 9.07 Å². The summed E-state index contributed by atoms with van der Waals surface area (Å²) < 4.78 is 16.8. The maximum absolute atomic E-state index is 13.9. The van der Waals surface area contributed by atoms with Gasteiger partial charge in [0.15, 0.2) is 0 Å². The third-order valence-corrected chi connectivity index (χ3v) is 3.73. The largest absolute Gasteiger partial charge is 0.493 e. The van der Waals surface area contributed by atoms with Crippen molar-refractivity contribution < 1.29 is 9.50 Å². The summed E-state index contributed by atoms with van der Waals surface area (Å²) in [6.45, 7) is 1.08. The van der Waals surface area contributed by atoms with E-state index < -0.39 is 11.4 Å². The Hall–Kier alpha value is -1.75. The summed E-state index contributed by atoms with van der Waals surface area (Å²) in [7, 11) is 0. The van der Waals surface area contributed by atoms with E-state index >= 15 is 0 Å². The fraction of sp³-hybridized carbons (Fsp3) is 0.308. The predicted molar refractivity (Wildman–Crippen MR) is 70.0 cm³/mol. The third kappa shape index (κ3) is 1.76. The molecule has 0 atom stereocenters. The molecule has 0 amide bonds. The topological polar surface area (TPSA) is 47.2 Å². The van der Waals surface area contributed by atoms with Crippen LogP contribution in [0.3, 0.4) is 0 Å². The molecule has 0 saturated carbocycles. The number of nitrogens with zero attached hydrogens (tertiary/aromatic N) is 2. The first kappa shape index (κ1) is 12.3. The normalized spacial score (nSPS) is 14.4. The minimum absolute atomic E-state index is 0.0268. The van der Waals surface area contributed by atoms with Gasteiger partial charge in [-0.2, -0.15) is 0 Å². The Morgan fingerprint density at radius 3 is 2.47 bits per heavy atom. The van der Waals surface area contributed by atoms with Crippen molar-refractivity contribution in [2.45, 2.75) is 25.9 Å². The molecule has 0 aliphatic carbocycles. The maximum atomic E-state index is 13.9. The van der Waals surface area contributed by atoms with Gasteiger partial charge in [0.1, 0.15) is 11.4 Å². The van der Waals surface area contributed by atoms with E-state index in [0.29, 0.717) is 13.1 Å². The van der Waals surface area contributed by atoms with Crippen LogP contribution in [0.1, 0.15) is 12.8 Å². The van der Waals surface area contributed by atoms with Crippen molar-refractivity contribution >= 4 is 11.6 Å². The Kier molecular flexibility index (Phi) is 2.86. The van der Waals surface area contributed by atoms with Crippen LogP contribution in [-0.2, 0) is 13.1 Å². The van der Waals surface area contributed by atoms with E-state index in [1.165, 1.54) is 27.6 Å². The maximum Gasteiger partial charge on any atom is 0.278 e. The van der Waals surface area contributed by atoms with Gasteiger partial charge >= 0.3 is 0 Å². The number of fused-ring (bicyclic) bond motifs is 1. The minimum Gasteiger partial charge on any atom is -0.493 e. The number of halogens is 2. The highest BCUT2D eigenvalue weighted by Gasteiger charge is 2.26. The lowest BCUT2D eigenvalue weighted by Gasteiger charge is -2.16. The van der Waals surface area contributed by atoms with Crippen molar-refractivity contribution in [3.05, 3.63) is 39.4 Å². The molecule has 0 radical (unpaired) electrons. The SMILES string of the molecule is O=c1c(-c2c(F)cccc2Cl)c(O)n2n1CCCC2. The lowest BCUT2D eigenvalue weighted by Crippen LogP contribution is -2.27. The predicted octanol–water partition coefficient (Wildman–Crippen LogP) is 2.61. The summed E-state index contributed by atoms with van der Waals surface area (Å²) in [5.74, 6) is -0.819. The summed E-state index contributed by atoms with van der Waals surface area (Å²) in [6.07, 6.45) is 1.75. The quantitative estimate of drug-likeness (QED) is 0.874. The molecule has 3 rings (SSSR count). The van der Waals surface area contributed by atoms with Gasteiger partial charge in [-0.1, -0.05) is 17.7 Å². The highest BCUT2D eigenvalue weighted by atomic mass is 35.5. The van der Waals surface area contributed by atoms with Crippen molar-refractivity contribution in [1.82, 2.24) is 9.36 Å². The smallest absolute Gasteiger partial charge is 0.278 e. The van der Waals surface area contributed by atoms with Crippen LogP contribution >= 0.6 is 11.6 Å². The zero-order valence-corrected chi connectivity index (χ0v) is 10.8. The van der Waals surface area contributed by atoms with Crippen LogP contribution in [0.15, 0.2) is 23.0 Å². The summed E-state index contributed by atoms with van der Waals surface area (Å²) in [5.41, 5.74) is -0.477. The van der Waals surface area contributed by atoms with Crippen molar-refractivity contribution in [2.24, 2.45) is 0 Å². The first-order valence-corrected chi connectivity index (χ1v) is 6.46. The van der Waals surface area contributed by atoms with Crippen LogP contribution in [-0.4, -0.2) is 14.5 Å². The summed E-state index contributed by atoms with van der Waals surface area (Å²) in [5, 5.41) is 10.3. The molecule has 100 valence electrons. The van der Waals surface area contributed by atoms with E-state index in [-0.39, 0.29) is 22.0 Å². The summed E-state index contributed by atoms with van der Waals surface area (Å²) >= 11 is 5.96. The fourth-order valence-corrected chi connectivity index (χ4v) is 2.76. The zero-order chi connectivity index (χ0) is 13.6. The molecule has 0 saturated heterocycles. The number of rotatable bonds is 1. The molecule has 0 unspecified atom stereocenters. The zero-order valence-electron chi connectivity index (χ0n) is 10.1. The molecule has 1 aliphatic rings. The second-order valence-electron chi connectivity index (χ2n) is 4.55. The van der Waals surface area contributed by atoms with Gasteiger partial charge in [-0.05, 0) is 25.0 Å². The standard InChI is InChI=1S/C13H12ClFN2O2/c14-8-4-3-5-9(15)10(8)11-12(18)16-6-1-2-7-17(16)13(11)19/h3-5,18H,1-2,6-7H2. The molecule has 19 heavy (non-hydrogen) atoms. The molecular formula is C13H12ClFN2O2. The Bertz CT molecular complexity index is 685. The molecule has 2 aromatic rings. The van der Waals surface area contributed by atoms with Crippen LogP contribution in [0, 0.1) is 5.82 Å². The number of aromatic nitrogens is 2. The highest BCUT2D eigenvalue weighted by molar-refractivity contribution is 6.33. The van der Waals surface area contributed by atoms with Crippen LogP contribution in [0.25, 0.3) is 11.1 Å². The Balaban J connectivity index is 2.33. The average molecular weight is 283 g/mol. The van der Waals surface area contributed by atoms with Crippen LogP contribution in [0.5, 0.6) is 5.88 Å². The van der Waals surface area contributed by atoms with Crippen molar-refractivity contribution in [3.63, 3.8) is 0 Å². The van der Waals surface area contributed by atoms with Gasteiger partial charge in [0.2, 0.25) is 5.88 Å². The number of benzene rings is 1. The third-order valence-electron chi connectivity index (χ3n) is 3.41. The van der Waals surface area contributed by atoms with E-state index in [0.717, 1.165) is 12.8 Å². The fourth-order valence-electron chi connectivity index (χ4n) is 2.51. The Morgan fingerprint density at radius 1 is 1.16 bits per heavy atom. The molecule has 1 N–H and O–H groups in total. The first-order valence-electron chi connectivity index (χ1n) is 6.08.